The van der Waals surface area contributed by atoms with E-state index in [0.29, 0.717) is 5.56 Å². The van der Waals surface area contributed by atoms with Gasteiger partial charge in [0.05, 0.1) is 15.0 Å². The van der Waals surface area contributed by atoms with E-state index in [9.17, 15) is 14.0 Å². The number of anilines is 1. The lowest BCUT2D eigenvalue weighted by Gasteiger charge is -2.06. The van der Waals surface area contributed by atoms with Crippen molar-refractivity contribution in [3.8, 4) is 0 Å². The molecule has 0 saturated carbocycles. The molecule has 0 fully saturated rings. The van der Waals surface area contributed by atoms with Gasteiger partial charge in [-0.25, -0.2) is 4.39 Å². The average Bonchev–Trinajstić information content (AvgIpc) is 2.78. The maximum Gasteiger partial charge on any atom is 0.256 e. The molecular weight excluding hydrogens is 335 g/mol. The zero-order valence-electron chi connectivity index (χ0n) is 9.44. The quantitative estimate of drug-likeness (QED) is 0.899. The molecule has 98 valence electrons. The largest absolute Gasteiger partial charge is 0.366 e. The molecule has 0 radical (unpaired) electrons. The van der Waals surface area contributed by atoms with E-state index in [0.717, 1.165) is 9.85 Å². The summed E-state index contributed by atoms with van der Waals surface area (Å²) in [6.07, 6.45) is 0. The molecule has 0 aliphatic carbocycles. The number of benzene rings is 1. The van der Waals surface area contributed by atoms with Crippen LogP contribution in [-0.4, -0.2) is 11.8 Å². The van der Waals surface area contributed by atoms with Gasteiger partial charge in [0, 0.05) is 10.9 Å². The molecule has 1 aromatic heterocycles. The Balaban J connectivity index is 2.25. The molecule has 0 saturated heterocycles. The molecule has 7 heteroatoms. The molecule has 0 unspecified atom stereocenters. The van der Waals surface area contributed by atoms with Gasteiger partial charge in [-0.2, -0.15) is 0 Å². The third-order valence-electron chi connectivity index (χ3n) is 2.33. The molecule has 2 rings (SSSR count). The van der Waals surface area contributed by atoms with Gasteiger partial charge in [-0.05, 0) is 40.2 Å². The van der Waals surface area contributed by atoms with Gasteiger partial charge in [-0.3, -0.25) is 9.59 Å². The summed E-state index contributed by atoms with van der Waals surface area (Å²) in [5, 5.41) is 4.03. The fourth-order valence-corrected chi connectivity index (χ4v) is 2.53. The number of thiophene rings is 1. The van der Waals surface area contributed by atoms with Crippen LogP contribution in [0.15, 0.2) is 33.4 Å². The van der Waals surface area contributed by atoms with E-state index in [1.54, 1.807) is 11.4 Å². The van der Waals surface area contributed by atoms with Gasteiger partial charge >= 0.3 is 0 Å². The predicted molar refractivity (Wildman–Crippen MR) is 74.9 cm³/mol. The van der Waals surface area contributed by atoms with Crippen LogP contribution in [0.25, 0.3) is 0 Å². The summed E-state index contributed by atoms with van der Waals surface area (Å²) < 4.78 is 14.3. The van der Waals surface area contributed by atoms with Crippen molar-refractivity contribution >= 4 is 44.8 Å². The minimum Gasteiger partial charge on any atom is -0.366 e. The number of rotatable bonds is 3. The molecule has 0 spiro atoms. The highest BCUT2D eigenvalue weighted by atomic mass is 79.9. The number of carbonyl (C=O) groups is 2. The number of hydrogen-bond donors (Lipinski definition) is 2. The van der Waals surface area contributed by atoms with E-state index in [-0.39, 0.29) is 11.3 Å². The summed E-state index contributed by atoms with van der Waals surface area (Å²) in [6.45, 7) is 0. The first-order chi connectivity index (χ1) is 8.97. The Hall–Kier alpha value is -1.73. The van der Waals surface area contributed by atoms with Crippen LogP contribution in [0.5, 0.6) is 0 Å². The summed E-state index contributed by atoms with van der Waals surface area (Å²) in [5.74, 6) is -1.77. The molecular formula is C12H8BrFN2O2S. The van der Waals surface area contributed by atoms with E-state index in [1.807, 2.05) is 0 Å². The molecule has 1 aromatic carbocycles. The van der Waals surface area contributed by atoms with Gasteiger partial charge in [-0.15, -0.1) is 11.3 Å². The fourth-order valence-electron chi connectivity index (χ4n) is 1.40. The van der Waals surface area contributed by atoms with Crippen LogP contribution >= 0.6 is 27.3 Å². The van der Waals surface area contributed by atoms with E-state index < -0.39 is 17.6 Å². The molecule has 4 nitrogen and oxygen atoms in total. The summed E-state index contributed by atoms with van der Waals surface area (Å²) in [4.78, 5) is 22.9. The second-order valence-corrected chi connectivity index (χ2v) is 5.94. The van der Waals surface area contributed by atoms with Crippen LogP contribution in [-0.2, 0) is 0 Å². The number of primary amides is 1. The molecule has 1 heterocycles. The molecule has 2 amide bonds. The summed E-state index contributed by atoms with van der Waals surface area (Å²) in [6, 6.07) is 5.17. The van der Waals surface area contributed by atoms with Crippen LogP contribution < -0.4 is 11.1 Å². The van der Waals surface area contributed by atoms with Gasteiger partial charge < -0.3 is 11.1 Å². The van der Waals surface area contributed by atoms with Crippen molar-refractivity contribution in [3.05, 3.63) is 50.4 Å². The predicted octanol–water partition coefficient (Wildman–Crippen LogP) is 3.00. The monoisotopic (exact) mass is 342 g/mol. The molecule has 3 N–H and O–H groups in total. The van der Waals surface area contributed by atoms with E-state index in [2.05, 4.69) is 21.2 Å². The van der Waals surface area contributed by atoms with E-state index >= 15 is 0 Å². The minimum atomic E-state index is -0.686. The molecule has 0 aliphatic rings. The Morgan fingerprint density at radius 2 is 2.00 bits per heavy atom. The number of carbonyl (C=O) groups excluding carboxylic acids is 2. The maximum absolute atomic E-state index is 13.5. The van der Waals surface area contributed by atoms with Crippen molar-refractivity contribution in [1.82, 2.24) is 0 Å². The van der Waals surface area contributed by atoms with Crippen molar-refractivity contribution in [2.24, 2.45) is 5.73 Å². The Kier molecular flexibility index (Phi) is 3.96. The van der Waals surface area contributed by atoms with Crippen LogP contribution in [0.2, 0.25) is 0 Å². The maximum atomic E-state index is 13.5. The lowest BCUT2D eigenvalue weighted by atomic mass is 10.2. The van der Waals surface area contributed by atoms with Gasteiger partial charge in [-0.1, -0.05) is 0 Å². The Labute approximate surface area is 120 Å². The highest BCUT2D eigenvalue weighted by molar-refractivity contribution is 9.11. The fraction of sp³-hybridized carbons (Fsp3) is 0. The molecule has 0 atom stereocenters. The molecule has 0 bridgehead atoms. The van der Waals surface area contributed by atoms with E-state index in [1.165, 1.54) is 23.5 Å². The number of nitrogens with one attached hydrogen (secondary N) is 1. The number of hydrogen-bond acceptors (Lipinski definition) is 3. The topological polar surface area (TPSA) is 72.2 Å². The third-order valence-corrected chi connectivity index (χ3v) is 3.83. The van der Waals surface area contributed by atoms with E-state index in [4.69, 9.17) is 5.73 Å². The van der Waals surface area contributed by atoms with Crippen LogP contribution in [0.4, 0.5) is 10.1 Å². The Morgan fingerprint density at radius 3 is 2.58 bits per heavy atom. The zero-order chi connectivity index (χ0) is 14.0. The molecule has 2 aromatic rings. The second kappa shape index (κ2) is 5.50. The van der Waals surface area contributed by atoms with Crippen molar-refractivity contribution < 1.29 is 14.0 Å². The lowest BCUT2D eigenvalue weighted by Crippen LogP contribution is -2.15. The standard InChI is InChI=1S/C12H8BrFN2O2S/c13-10-4-7(5-19-10)12(18)16-9-3-6(11(15)17)1-2-8(9)14/h1-5H,(H2,15,17)(H,16,18). The van der Waals surface area contributed by atoms with Crippen molar-refractivity contribution in [2.45, 2.75) is 0 Å². The van der Waals surface area contributed by atoms with Crippen LogP contribution in [0.1, 0.15) is 20.7 Å². The van der Waals surface area contributed by atoms with Gasteiger partial charge in [0.25, 0.3) is 5.91 Å². The SMILES string of the molecule is NC(=O)c1ccc(F)c(NC(=O)c2csc(Br)c2)c1. The Bertz CT molecular complexity index is 657. The zero-order valence-corrected chi connectivity index (χ0v) is 11.8. The van der Waals surface area contributed by atoms with Crippen molar-refractivity contribution in [1.29, 1.82) is 0 Å². The summed E-state index contributed by atoms with van der Waals surface area (Å²) in [5.41, 5.74) is 5.55. The van der Waals surface area contributed by atoms with Crippen molar-refractivity contribution in [2.75, 3.05) is 5.32 Å². The first kappa shape index (κ1) is 13.7. The molecule has 19 heavy (non-hydrogen) atoms. The molecule has 0 aliphatic heterocycles. The second-order valence-electron chi connectivity index (χ2n) is 3.65. The van der Waals surface area contributed by atoms with Gasteiger partial charge in [0.1, 0.15) is 5.82 Å². The number of nitrogens with two attached hydrogens (primary N) is 1. The number of halogens is 2. The normalized spacial score (nSPS) is 10.2. The first-order valence-corrected chi connectivity index (χ1v) is 6.79. The lowest BCUT2D eigenvalue weighted by molar-refractivity contribution is 0.0996. The summed E-state index contributed by atoms with van der Waals surface area (Å²) >= 11 is 4.58. The van der Waals surface area contributed by atoms with Crippen LogP contribution in [0, 0.1) is 5.82 Å². The highest BCUT2D eigenvalue weighted by Crippen LogP contribution is 2.22. The minimum absolute atomic E-state index is 0.0800. The van der Waals surface area contributed by atoms with Crippen LogP contribution in [0.3, 0.4) is 0 Å². The smallest absolute Gasteiger partial charge is 0.256 e. The Morgan fingerprint density at radius 1 is 1.26 bits per heavy atom. The number of amides is 2. The van der Waals surface area contributed by atoms with Crippen molar-refractivity contribution in [3.63, 3.8) is 0 Å². The van der Waals surface area contributed by atoms with Gasteiger partial charge in [0.15, 0.2) is 0 Å². The average molecular weight is 343 g/mol. The third kappa shape index (κ3) is 3.18. The highest BCUT2D eigenvalue weighted by Gasteiger charge is 2.12. The van der Waals surface area contributed by atoms with Gasteiger partial charge in [0.2, 0.25) is 5.91 Å². The summed E-state index contributed by atoms with van der Waals surface area (Å²) in [7, 11) is 0. The first-order valence-electron chi connectivity index (χ1n) is 5.12.